The summed E-state index contributed by atoms with van der Waals surface area (Å²) in [4.78, 5) is 34.1. The van der Waals surface area contributed by atoms with Gasteiger partial charge in [0.2, 0.25) is 5.91 Å². The van der Waals surface area contributed by atoms with E-state index >= 15 is 0 Å². The van der Waals surface area contributed by atoms with E-state index in [1.54, 1.807) is 27.7 Å². The van der Waals surface area contributed by atoms with Gasteiger partial charge in [-0.3, -0.25) is 14.5 Å². The van der Waals surface area contributed by atoms with Crippen LogP contribution < -0.4 is 15.0 Å². The van der Waals surface area contributed by atoms with Crippen molar-refractivity contribution >= 4 is 17.6 Å². The standard InChI is InChI=1S/C52H92N4O14/c1-15-42(69-49(62)35(8)46(31(3)4)70-43-25-32(5)44(58)37(10)68-43)52(12,63)47(60)36(9)48(61)53-33(6)27-51(11,30-65-50-45(59)40(54(13)14)26-34(7)67-50)66-29-38(57)28-55-21-23-56(24-22-55)39-19-17-18-20-41(39)64-16-2/h17-20,31-38,40,42-47,50,57-60,63H,15-16,21-30H2,1-14H3,(H,53,61)/t32-,33+,34+,35+,36+,37-,38?,40-,42+,43?,44?,45+,46?,47+,50+,51+,52+/m0/s1. The van der Waals surface area contributed by atoms with Crippen molar-refractivity contribution in [2.24, 2.45) is 23.7 Å². The van der Waals surface area contributed by atoms with E-state index in [0.717, 1.165) is 37.6 Å². The number of β-amino-alcohol motifs (C(OH)–C–C–N with tert-alkyl or cyclic N) is 1. The molecule has 3 fully saturated rings. The number of para-hydroxylation sites is 2. The Bertz CT molecular complexity index is 1720. The Kier molecular flexibility index (Phi) is 23.1. The zero-order valence-corrected chi connectivity index (χ0v) is 44.8. The quantitative estimate of drug-likeness (QED) is 0.0731. The van der Waals surface area contributed by atoms with Crippen molar-refractivity contribution < 1.29 is 68.3 Å². The maximum atomic E-state index is 13.9. The third-order valence-electron chi connectivity index (χ3n) is 14.5. The molecule has 1 amide bonds. The fourth-order valence-electron chi connectivity index (χ4n) is 10.2. The smallest absolute Gasteiger partial charge is 0.311 e. The number of hydrogen-bond acceptors (Lipinski definition) is 17. The molecule has 17 atom stereocenters. The van der Waals surface area contributed by atoms with Gasteiger partial charge in [0.15, 0.2) is 12.6 Å². The normalized spacial score (nSPS) is 29.5. The molecule has 3 aliphatic rings. The Morgan fingerprint density at radius 3 is 2.19 bits per heavy atom. The minimum absolute atomic E-state index is 0.0343. The topological polar surface area (TPSA) is 222 Å². The van der Waals surface area contributed by atoms with Crippen LogP contribution >= 0.6 is 0 Å². The van der Waals surface area contributed by atoms with Crippen LogP contribution in [0.4, 0.5) is 5.69 Å². The van der Waals surface area contributed by atoms with Crippen molar-refractivity contribution in [1.29, 1.82) is 0 Å². The van der Waals surface area contributed by atoms with Crippen molar-refractivity contribution in [3.8, 4) is 5.75 Å². The van der Waals surface area contributed by atoms with Gasteiger partial charge in [0, 0.05) is 51.2 Å². The van der Waals surface area contributed by atoms with E-state index in [1.165, 1.54) is 13.8 Å². The Labute approximate surface area is 418 Å². The van der Waals surface area contributed by atoms with E-state index in [0.29, 0.717) is 26.0 Å². The second-order valence-corrected chi connectivity index (χ2v) is 21.5. The number of esters is 1. The number of nitrogens with zero attached hydrogens (tertiary/aromatic N) is 3. The van der Waals surface area contributed by atoms with Crippen LogP contribution in [0.5, 0.6) is 5.75 Å². The number of aliphatic hydroxyl groups excluding tert-OH is 4. The highest BCUT2D eigenvalue weighted by atomic mass is 16.7. The Balaban J connectivity index is 1.39. The van der Waals surface area contributed by atoms with Crippen molar-refractivity contribution in [3.05, 3.63) is 24.3 Å². The van der Waals surface area contributed by atoms with Gasteiger partial charge in [0.25, 0.3) is 0 Å². The molecule has 18 nitrogen and oxygen atoms in total. The minimum atomic E-state index is -2.03. The van der Waals surface area contributed by atoms with Gasteiger partial charge in [-0.25, -0.2) is 0 Å². The highest BCUT2D eigenvalue weighted by Crippen LogP contribution is 2.33. The van der Waals surface area contributed by atoms with Gasteiger partial charge in [-0.2, -0.15) is 0 Å². The van der Waals surface area contributed by atoms with Gasteiger partial charge in [-0.1, -0.05) is 46.8 Å². The average Bonchev–Trinajstić information content (AvgIpc) is 3.30. The number of piperazine rings is 1. The summed E-state index contributed by atoms with van der Waals surface area (Å²) < 4.78 is 42.9. The molecule has 0 bridgehead atoms. The van der Waals surface area contributed by atoms with Crippen LogP contribution in [0.2, 0.25) is 0 Å². The maximum Gasteiger partial charge on any atom is 0.311 e. The maximum absolute atomic E-state index is 13.9. The van der Waals surface area contributed by atoms with Crippen LogP contribution in [-0.4, -0.2) is 199 Å². The summed E-state index contributed by atoms with van der Waals surface area (Å²) >= 11 is 0. The first-order valence-corrected chi connectivity index (χ1v) is 25.8. The van der Waals surface area contributed by atoms with Crippen LogP contribution in [0.1, 0.15) is 109 Å². The number of anilines is 1. The van der Waals surface area contributed by atoms with E-state index in [2.05, 4.69) is 21.2 Å². The molecule has 0 saturated carbocycles. The molecule has 0 aliphatic carbocycles. The third kappa shape index (κ3) is 16.4. The molecule has 404 valence electrons. The van der Waals surface area contributed by atoms with Gasteiger partial charge in [0.1, 0.15) is 23.6 Å². The van der Waals surface area contributed by atoms with Crippen molar-refractivity contribution in [2.75, 3.05) is 71.5 Å². The van der Waals surface area contributed by atoms with E-state index < -0.39 is 96.3 Å². The van der Waals surface area contributed by atoms with Crippen LogP contribution in [-0.2, 0) is 38.0 Å². The van der Waals surface area contributed by atoms with Crippen molar-refractivity contribution in [2.45, 2.75) is 193 Å². The zero-order chi connectivity index (χ0) is 52.2. The number of aliphatic hydroxyl groups is 5. The summed E-state index contributed by atoms with van der Waals surface area (Å²) in [7, 11) is 3.80. The second-order valence-electron chi connectivity index (χ2n) is 21.5. The molecular weight excluding hydrogens is 905 g/mol. The summed E-state index contributed by atoms with van der Waals surface area (Å²) in [5, 5.41) is 59.4. The number of carbonyl (C=O) groups excluding carboxylic acids is 2. The molecule has 4 unspecified atom stereocenters. The number of carbonyl (C=O) groups is 2. The molecule has 3 saturated heterocycles. The number of likely N-dealkylation sites (N-methyl/N-ethyl adjacent to an activating group) is 1. The lowest BCUT2D eigenvalue weighted by atomic mass is 9.83. The van der Waals surface area contributed by atoms with Crippen molar-refractivity contribution in [3.63, 3.8) is 0 Å². The first kappa shape index (κ1) is 59.8. The number of ether oxygens (including phenoxy) is 7. The average molecular weight is 997 g/mol. The van der Waals surface area contributed by atoms with E-state index in [-0.39, 0.29) is 50.0 Å². The van der Waals surface area contributed by atoms with Gasteiger partial charge >= 0.3 is 5.97 Å². The first-order chi connectivity index (χ1) is 32.8. The summed E-state index contributed by atoms with van der Waals surface area (Å²) in [6.45, 7) is 25.2. The largest absolute Gasteiger partial charge is 0.492 e. The lowest BCUT2D eigenvalue weighted by Crippen LogP contribution is -2.57. The Morgan fingerprint density at radius 1 is 0.929 bits per heavy atom. The van der Waals surface area contributed by atoms with Crippen LogP contribution in [0.3, 0.4) is 0 Å². The molecule has 1 aromatic carbocycles. The fraction of sp³-hybridized carbons (Fsp3) is 0.846. The summed E-state index contributed by atoms with van der Waals surface area (Å²) in [5.74, 6) is -2.43. The molecule has 0 aromatic heterocycles. The number of nitrogens with one attached hydrogen (secondary N) is 1. The predicted octanol–water partition coefficient (Wildman–Crippen LogP) is 3.56. The number of rotatable bonds is 26. The molecule has 70 heavy (non-hydrogen) atoms. The highest BCUT2D eigenvalue weighted by Gasteiger charge is 2.47. The lowest BCUT2D eigenvalue weighted by Gasteiger charge is -2.42. The predicted molar refractivity (Wildman–Crippen MR) is 266 cm³/mol. The monoisotopic (exact) mass is 997 g/mol. The molecular formula is C52H92N4O14. The van der Waals surface area contributed by atoms with Crippen LogP contribution in [0.25, 0.3) is 0 Å². The first-order valence-electron chi connectivity index (χ1n) is 25.8. The molecule has 0 spiro atoms. The molecule has 18 heteroatoms. The summed E-state index contributed by atoms with van der Waals surface area (Å²) in [6.07, 6.45) is -6.59. The van der Waals surface area contributed by atoms with Gasteiger partial charge in [-0.05, 0) is 106 Å². The molecule has 4 rings (SSSR count). The number of hydrogen-bond donors (Lipinski definition) is 6. The Morgan fingerprint density at radius 2 is 1.59 bits per heavy atom. The molecule has 3 heterocycles. The third-order valence-corrected chi connectivity index (χ3v) is 14.5. The van der Waals surface area contributed by atoms with Gasteiger partial charge < -0.3 is 73.8 Å². The number of amides is 1. The van der Waals surface area contributed by atoms with Crippen LogP contribution in [0, 0.1) is 23.7 Å². The van der Waals surface area contributed by atoms with Gasteiger partial charge in [0.05, 0.1) is 79.6 Å². The van der Waals surface area contributed by atoms with Crippen LogP contribution in [0.15, 0.2) is 24.3 Å². The van der Waals surface area contributed by atoms with Crippen molar-refractivity contribution in [1.82, 2.24) is 15.1 Å². The van der Waals surface area contributed by atoms with Gasteiger partial charge in [-0.15, -0.1) is 0 Å². The van der Waals surface area contributed by atoms with E-state index in [4.69, 9.17) is 33.2 Å². The summed E-state index contributed by atoms with van der Waals surface area (Å²) in [5.41, 5.74) is -2.08. The minimum Gasteiger partial charge on any atom is -0.492 e. The second kappa shape index (κ2) is 27.0. The van der Waals surface area contributed by atoms with E-state index in [9.17, 15) is 35.1 Å². The summed E-state index contributed by atoms with van der Waals surface area (Å²) in [6, 6.07) is 7.25. The molecule has 0 radical (unpaired) electrons. The zero-order valence-electron chi connectivity index (χ0n) is 44.8. The molecule has 6 N–H and O–H groups in total. The molecule has 1 aromatic rings. The highest BCUT2D eigenvalue weighted by molar-refractivity contribution is 5.79. The molecule has 3 aliphatic heterocycles. The lowest BCUT2D eigenvalue weighted by molar-refractivity contribution is -0.269. The fourth-order valence-corrected chi connectivity index (χ4v) is 10.2. The SMILES string of the molecule is CCOc1ccccc1N1CCN(CC(O)CO[C@@](C)(CO[C@@H]2O[C@H](C)C[C@H](N(C)C)[C@H]2O)C[C@@H](C)NC(=O)[C@H](C)[C@@H](O)[C@](C)(O)[C@@H](CC)OC(=O)[C@H](C)C(OC2C[C@H](C)C(O)[C@H](C)O2)C(C)C)CC1. The Hall–Kier alpha value is -2.72. The number of benzene rings is 1. The van der Waals surface area contributed by atoms with E-state index in [1.807, 2.05) is 78.7 Å².